The van der Waals surface area contributed by atoms with E-state index in [1.54, 1.807) is 24.3 Å². The number of hydrogen-bond donors (Lipinski definition) is 1. The largest absolute Gasteiger partial charge is 0.495 e. The molecule has 0 amide bonds. The fourth-order valence-electron chi connectivity index (χ4n) is 3.67. The number of aromatic nitrogens is 1. The van der Waals surface area contributed by atoms with Gasteiger partial charge in [-0.2, -0.15) is 4.98 Å². The Hall–Kier alpha value is -3.98. The lowest BCUT2D eigenvalue weighted by molar-refractivity contribution is 0.171. The molecule has 0 radical (unpaired) electrons. The van der Waals surface area contributed by atoms with Gasteiger partial charge in [-0.1, -0.05) is 30.3 Å². The van der Waals surface area contributed by atoms with Gasteiger partial charge in [0.25, 0.3) is 0 Å². The lowest BCUT2D eigenvalue weighted by Crippen LogP contribution is -2.16. The van der Waals surface area contributed by atoms with Crippen molar-refractivity contribution in [1.29, 1.82) is 0 Å². The number of nitrogens with one attached hydrogen (secondary N) is 1. The van der Waals surface area contributed by atoms with Crippen LogP contribution in [0.25, 0.3) is 11.5 Å². The zero-order valence-corrected chi connectivity index (χ0v) is 19.4. The zero-order valence-electron chi connectivity index (χ0n) is 18.6. The Labute approximate surface area is 197 Å². The summed E-state index contributed by atoms with van der Waals surface area (Å²) >= 11 is 0. The molecule has 2 heterocycles. The summed E-state index contributed by atoms with van der Waals surface area (Å²) in [6.07, 6.45) is 0. The smallest absolute Gasteiger partial charge is 0.238 e. The van der Waals surface area contributed by atoms with E-state index in [4.69, 9.17) is 18.6 Å². The number of sulfone groups is 1. The van der Waals surface area contributed by atoms with E-state index in [0.29, 0.717) is 41.7 Å². The van der Waals surface area contributed by atoms with E-state index in [0.717, 1.165) is 5.56 Å². The molecular formula is C25H22N2O6S. The normalized spacial score (nSPS) is 12.9. The molecule has 8 nitrogen and oxygen atoms in total. The maximum atomic E-state index is 13.7. The van der Waals surface area contributed by atoms with Crippen LogP contribution in [0, 0.1) is 6.92 Å². The topological polar surface area (TPSA) is 99.9 Å². The molecule has 0 spiro atoms. The number of oxazole rings is 1. The van der Waals surface area contributed by atoms with E-state index >= 15 is 0 Å². The Morgan fingerprint density at radius 3 is 2.47 bits per heavy atom. The van der Waals surface area contributed by atoms with Gasteiger partial charge in [0.2, 0.25) is 26.6 Å². The molecule has 0 saturated heterocycles. The monoisotopic (exact) mass is 478 g/mol. The van der Waals surface area contributed by atoms with Crippen molar-refractivity contribution >= 4 is 21.4 Å². The van der Waals surface area contributed by atoms with Crippen LogP contribution in [0.4, 0.5) is 11.6 Å². The fourth-order valence-corrected chi connectivity index (χ4v) is 4.94. The Morgan fingerprint density at radius 1 is 0.941 bits per heavy atom. The highest BCUT2D eigenvalue weighted by Crippen LogP contribution is 2.39. The molecule has 0 bridgehead atoms. The molecule has 5 rings (SSSR count). The summed E-state index contributed by atoms with van der Waals surface area (Å²) in [5, 5.41) is 2.81. The maximum absolute atomic E-state index is 13.7. The quantitative estimate of drug-likeness (QED) is 0.413. The van der Waals surface area contributed by atoms with Crippen LogP contribution in [0.15, 0.2) is 81.1 Å². The summed E-state index contributed by atoms with van der Waals surface area (Å²) < 4.78 is 49.9. The van der Waals surface area contributed by atoms with Crippen molar-refractivity contribution in [3.05, 3.63) is 72.3 Å². The Balaban J connectivity index is 1.65. The van der Waals surface area contributed by atoms with Crippen molar-refractivity contribution in [1.82, 2.24) is 4.98 Å². The third-order valence-corrected chi connectivity index (χ3v) is 7.07. The average molecular weight is 479 g/mol. The van der Waals surface area contributed by atoms with E-state index < -0.39 is 9.84 Å². The van der Waals surface area contributed by atoms with Crippen molar-refractivity contribution in [3.63, 3.8) is 0 Å². The summed E-state index contributed by atoms with van der Waals surface area (Å²) in [4.78, 5) is 4.44. The second-order valence-electron chi connectivity index (χ2n) is 7.60. The molecule has 0 unspecified atom stereocenters. The van der Waals surface area contributed by atoms with Gasteiger partial charge in [0.1, 0.15) is 19.0 Å². The first-order valence-electron chi connectivity index (χ1n) is 10.6. The standard InChI is InChI=1S/C25H22N2O6S/c1-16-7-3-4-8-18(16)23-27-25(24(33-23)26-19-9-5-6-10-20(19)30-2)34(28,29)17-11-12-21-22(15-17)32-14-13-31-21/h3-12,15,26H,13-14H2,1-2H3. The molecule has 4 aromatic rings. The first-order chi connectivity index (χ1) is 16.5. The molecule has 0 fully saturated rings. The number of nitrogens with zero attached hydrogens (tertiary/aromatic N) is 1. The molecule has 174 valence electrons. The first kappa shape index (κ1) is 21.8. The summed E-state index contributed by atoms with van der Waals surface area (Å²) in [6.45, 7) is 2.66. The van der Waals surface area contributed by atoms with Gasteiger partial charge in [0.15, 0.2) is 11.5 Å². The van der Waals surface area contributed by atoms with Crippen LogP contribution in [-0.4, -0.2) is 33.7 Å². The van der Waals surface area contributed by atoms with Crippen molar-refractivity contribution in [2.24, 2.45) is 0 Å². The van der Waals surface area contributed by atoms with Crippen molar-refractivity contribution in [2.75, 3.05) is 25.6 Å². The van der Waals surface area contributed by atoms with E-state index in [2.05, 4.69) is 10.3 Å². The molecule has 3 aromatic carbocycles. The van der Waals surface area contributed by atoms with Crippen LogP contribution in [-0.2, 0) is 9.84 Å². The number of aryl methyl sites for hydroxylation is 1. The number of hydrogen-bond acceptors (Lipinski definition) is 8. The number of para-hydroxylation sites is 2. The van der Waals surface area contributed by atoms with Gasteiger partial charge in [-0.25, -0.2) is 8.42 Å². The predicted molar refractivity (Wildman–Crippen MR) is 126 cm³/mol. The van der Waals surface area contributed by atoms with Gasteiger partial charge in [0, 0.05) is 11.6 Å². The van der Waals surface area contributed by atoms with E-state index in [-0.39, 0.29) is 21.7 Å². The fraction of sp³-hybridized carbons (Fsp3) is 0.160. The lowest BCUT2D eigenvalue weighted by atomic mass is 10.1. The number of rotatable bonds is 6. The minimum absolute atomic E-state index is 0.0161. The van der Waals surface area contributed by atoms with Crippen molar-refractivity contribution in [3.8, 4) is 28.7 Å². The maximum Gasteiger partial charge on any atom is 0.238 e. The summed E-state index contributed by atoms with van der Waals surface area (Å²) in [7, 11) is -2.55. The summed E-state index contributed by atoms with van der Waals surface area (Å²) in [5.74, 6) is 1.57. The highest BCUT2D eigenvalue weighted by atomic mass is 32.2. The van der Waals surface area contributed by atoms with E-state index in [9.17, 15) is 8.42 Å². The summed E-state index contributed by atoms with van der Waals surface area (Å²) in [6, 6.07) is 19.1. The molecule has 34 heavy (non-hydrogen) atoms. The number of methoxy groups -OCH3 is 1. The third kappa shape index (κ3) is 3.94. The predicted octanol–water partition coefficient (Wildman–Crippen LogP) is 5.01. The van der Waals surface area contributed by atoms with Gasteiger partial charge in [-0.15, -0.1) is 0 Å². The molecule has 0 atom stereocenters. The number of ether oxygens (including phenoxy) is 3. The highest BCUT2D eigenvalue weighted by Gasteiger charge is 2.31. The summed E-state index contributed by atoms with van der Waals surface area (Å²) in [5.41, 5.74) is 2.13. The van der Waals surface area contributed by atoms with Crippen LogP contribution in [0.3, 0.4) is 0 Å². The number of anilines is 2. The van der Waals surface area contributed by atoms with E-state index in [1.807, 2.05) is 37.3 Å². The molecule has 0 aliphatic carbocycles. The van der Waals surface area contributed by atoms with Gasteiger partial charge in [0.05, 0.1) is 17.7 Å². The van der Waals surface area contributed by atoms with Gasteiger partial charge in [-0.3, -0.25) is 0 Å². The number of fused-ring (bicyclic) bond motifs is 1. The minimum atomic E-state index is -4.09. The Morgan fingerprint density at radius 2 is 1.68 bits per heavy atom. The van der Waals surface area contributed by atoms with Crippen LogP contribution in [0.1, 0.15) is 5.56 Å². The van der Waals surface area contributed by atoms with Crippen LogP contribution in [0.5, 0.6) is 17.2 Å². The third-order valence-electron chi connectivity index (χ3n) is 5.41. The first-order valence-corrected chi connectivity index (χ1v) is 12.1. The van der Waals surface area contributed by atoms with Crippen LogP contribution >= 0.6 is 0 Å². The van der Waals surface area contributed by atoms with Crippen LogP contribution in [0.2, 0.25) is 0 Å². The number of benzene rings is 3. The second-order valence-corrected chi connectivity index (χ2v) is 9.47. The molecule has 9 heteroatoms. The molecule has 1 aliphatic heterocycles. The van der Waals surface area contributed by atoms with Crippen molar-refractivity contribution < 1.29 is 27.0 Å². The van der Waals surface area contributed by atoms with Gasteiger partial charge >= 0.3 is 0 Å². The van der Waals surface area contributed by atoms with E-state index in [1.165, 1.54) is 19.2 Å². The SMILES string of the molecule is COc1ccccc1Nc1oc(-c2ccccc2C)nc1S(=O)(=O)c1ccc2c(c1)OCCO2. The second kappa shape index (κ2) is 8.75. The Kier molecular flexibility index (Phi) is 5.62. The Bertz CT molecular complexity index is 1460. The molecule has 1 aromatic heterocycles. The van der Waals surface area contributed by atoms with Gasteiger partial charge < -0.3 is 23.9 Å². The zero-order chi connectivity index (χ0) is 23.7. The van der Waals surface area contributed by atoms with Crippen molar-refractivity contribution in [2.45, 2.75) is 16.8 Å². The molecular weight excluding hydrogens is 456 g/mol. The van der Waals surface area contributed by atoms with Crippen LogP contribution < -0.4 is 19.5 Å². The lowest BCUT2D eigenvalue weighted by Gasteiger charge is -2.18. The highest BCUT2D eigenvalue weighted by molar-refractivity contribution is 7.91. The molecule has 1 aliphatic rings. The average Bonchev–Trinajstić information content (AvgIpc) is 3.28. The van der Waals surface area contributed by atoms with Gasteiger partial charge in [-0.05, 0) is 42.8 Å². The minimum Gasteiger partial charge on any atom is -0.495 e. The molecule has 1 N–H and O–H groups in total. The molecule has 0 saturated carbocycles.